The topological polar surface area (TPSA) is 49.4 Å². The van der Waals surface area contributed by atoms with Crippen molar-refractivity contribution >= 4 is 5.97 Å². The number of carboxylic acids is 1. The normalized spacial score (nSPS) is 22.0. The van der Waals surface area contributed by atoms with Gasteiger partial charge in [-0.15, -0.1) is 5.92 Å². The smallest absolute Gasteiger partial charge is 0.550 e. The zero-order valence-corrected chi connectivity index (χ0v) is 18.8. The van der Waals surface area contributed by atoms with Crippen molar-refractivity contribution in [2.45, 2.75) is 83.2 Å². The van der Waals surface area contributed by atoms with Crippen molar-refractivity contribution in [3.63, 3.8) is 0 Å². The summed E-state index contributed by atoms with van der Waals surface area (Å²) in [6.07, 6.45) is 12.1. The molecule has 1 spiro atoms. The van der Waals surface area contributed by atoms with E-state index in [2.05, 4.69) is 11.8 Å². The summed E-state index contributed by atoms with van der Waals surface area (Å²) in [6.45, 7) is 1.73. The van der Waals surface area contributed by atoms with Crippen LogP contribution in [-0.4, -0.2) is 12.1 Å². The van der Waals surface area contributed by atoms with E-state index in [0.29, 0.717) is 11.5 Å². The molecule has 0 radical (unpaired) electrons. The molecule has 3 rings (SSSR count). The minimum atomic E-state index is -1.07. The Balaban J connectivity index is 0.00000261. The fourth-order valence-corrected chi connectivity index (χ4v) is 4.81. The van der Waals surface area contributed by atoms with Crippen molar-refractivity contribution in [3.05, 3.63) is 29.8 Å². The first-order valence-electron chi connectivity index (χ1n) is 9.99. The van der Waals surface area contributed by atoms with Gasteiger partial charge < -0.3 is 14.6 Å². The van der Waals surface area contributed by atoms with E-state index in [0.717, 1.165) is 17.7 Å². The molecule has 1 unspecified atom stereocenters. The molecule has 0 N–H and O–H groups in total. The summed E-state index contributed by atoms with van der Waals surface area (Å²) in [7, 11) is 0. The first-order chi connectivity index (χ1) is 12.6. The average molecular weight is 376 g/mol. The Bertz CT molecular complexity index is 660. The number of aliphatic carboxylic acids is 1. The van der Waals surface area contributed by atoms with Gasteiger partial charge in [0, 0.05) is 12.4 Å². The average Bonchev–Trinajstić information content (AvgIpc) is 2.62. The first kappa shape index (κ1) is 22.3. The van der Waals surface area contributed by atoms with Gasteiger partial charge in [-0.1, -0.05) is 37.3 Å². The molecule has 0 amide bonds. The maximum absolute atomic E-state index is 10.9. The van der Waals surface area contributed by atoms with Gasteiger partial charge in [0.2, 0.25) is 0 Å². The van der Waals surface area contributed by atoms with Crippen molar-refractivity contribution in [1.82, 2.24) is 0 Å². The van der Waals surface area contributed by atoms with Gasteiger partial charge in [-0.05, 0) is 68.6 Å². The number of carboxylic acid groups (broad SMARTS) is 1. The fraction of sp³-hybridized carbons (Fsp3) is 0.609. The van der Waals surface area contributed by atoms with Crippen LogP contribution >= 0.6 is 0 Å². The first-order valence-corrected chi connectivity index (χ1v) is 9.99. The number of carbonyl (C=O) groups excluding carboxylic acids is 1. The Hall–Kier alpha value is -0.950. The maximum Gasteiger partial charge on any atom is 1.00 e. The summed E-state index contributed by atoms with van der Waals surface area (Å²) in [5, 5.41) is 10.9. The third-order valence-corrected chi connectivity index (χ3v) is 6.08. The van der Waals surface area contributed by atoms with Crippen molar-refractivity contribution < 1.29 is 44.2 Å². The fourth-order valence-electron chi connectivity index (χ4n) is 4.81. The third kappa shape index (κ3) is 6.28. The molecule has 27 heavy (non-hydrogen) atoms. The van der Waals surface area contributed by atoms with E-state index in [1.54, 1.807) is 6.92 Å². The van der Waals surface area contributed by atoms with Crippen LogP contribution in [0.3, 0.4) is 0 Å². The van der Waals surface area contributed by atoms with Crippen LogP contribution < -0.4 is 39.4 Å². The summed E-state index contributed by atoms with van der Waals surface area (Å²) in [5.74, 6) is 5.26. The van der Waals surface area contributed by atoms with Crippen molar-refractivity contribution in [1.29, 1.82) is 0 Å². The molecule has 0 bridgehead atoms. The van der Waals surface area contributed by atoms with Gasteiger partial charge in [-0.25, -0.2) is 0 Å². The number of carbonyl (C=O) groups is 1. The Kier molecular flexibility index (Phi) is 8.73. The molecule has 2 fully saturated rings. The Morgan fingerprint density at radius 3 is 2.48 bits per heavy atom. The molecule has 4 heteroatoms. The van der Waals surface area contributed by atoms with Crippen molar-refractivity contribution in [3.8, 4) is 17.6 Å². The van der Waals surface area contributed by atoms with Gasteiger partial charge in [-0.2, -0.15) is 0 Å². The quantitative estimate of drug-likeness (QED) is 0.573. The summed E-state index contributed by atoms with van der Waals surface area (Å²) in [4.78, 5) is 10.9. The zero-order valence-electron chi connectivity index (χ0n) is 16.8. The second-order valence-electron chi connectivity index (χ2n) is 7.99. The van der Waals surface area contributed by atoms with Crippen LogP contribution in [0.25, 0.3) is 0 Å². The predicted molar refractivity (Wildman–Crippen MR) is 101 cm³/mol. The number of ether oxygens (including phenoxy) is 1. The third-order valence-electron chi connectivity index (χ3n) is 6.08. The second-order valence-corrected chi connectivity index (χ2v) is 7.99. The molecule has 2 saturated carbocycles. The molecule has 0 aromatic heterocycles. The van der Waals surface area contributed by atoms with E-state index in [-0.39, 0.29) is 41.9 Å². The van der Waals surface area contributed by atoms with E-state index in [1.165, 1.54) is 51.4 Å². The monoisotopic (exact) mass is 376 g/mol. The van der Waals surface area contributed by atoms with Crippen molar-refractivity contribution in [2.24, 2.45) is 5.41 Å². The summed E-state index contributed by atoms with van der Waals surface area (Å²) in [6, 6.07) is 7.78. The van der Waals surface area contributed by atoms with E-state index in [1.807, 2.05) is 24.3 Å². The number of hydrogen-bond acceptors (Lipinski definition) is 3. The molecule has 0 saturated heterocycles. The molecular formula is C23H29NaO3. The zero-order chi connectivity index (χ0) is 18.4. The molecule has 1 aromatic carbocycles. The van der Waals surface area contributed by atoms with Crippen LogP contribution in [0, 0.1) is 17.3 Å². The van der Waals surface area contributed by atoms with E-state index in [4.69, 9.17) is 4.74 Å². The van der Waals surface area contributed by atoms with Crippen LogP contribution in [0.15, 0.2) is 24.3 Å². The van der Waals surface area contributed by atoms with Crippen LogP contribution in [0.2, 0.25) is 0 Å². The standard InChI is InChI=1S/C23H30O3.Na/c1-2-7-19(16-22(24)25)18-9-11-20(12-10-18)26-21-8-6-15-23(17-21)13-4-3-5-14-23;/h9-12,19,21H,3-6,8,13-17H2,1H3,(H,24,25);/q;+1/p-1/t19-,21?;/m0./s1. The van der Waals surface area contributed by atoms with E-state index in [9.17, 15) is 9.90 Å². The van der Waals surface area contributed by atoms with Gasteiger partial charge >= 0.3 is 29.6 Å². The van der Waals surface area contributed by atoms with Crippen LogP contribution in [0.5, 0.6) is 5.75 Å². The van der Waals surface area contributed by atoms with Crippen molar-refractivity contribution in [2.75, 3.05) is 0 Å². The number of rotatable bonds is 5. The van der Waals surface area contributed by atoms with Crippen LogP contribution in [0.1, 0.15) is 82.6 Å². The van der Waals surface area contributed by atoms with E-state index < -0.39 is 5.97 Å². The number of hydrogen-bond donors (Lipinski definition) is 0. The molecule has 3 nitrogen and oxygen atoms in total. The van der Waals surface area contributed by atoms with Crippen LogP contribution in [0.4, 0.5) is 0 Å². The molecule has 0 heterocycles. The molecule has 2 aliphatic carbocycles. The molecule has 1 aromatic rings. The molecule has 0 aliphatic heterocycles. The van der Waals surface area contributed by atoms with Crippen LogP contribution in [-0.2, 0) is 4.79 Å². The Morgan fingerprint density at radius 2 is 1.85 bits per heavy atom. The second kappa shape index (κ2) is 10.6. The van der Waals surface area contributed by atoms with E-state index >= 15 is 0 Å². The van der Waals surface area contributed by atoms with Gasteiger partial charge in [0.1, 0.15) is 5.75 Å². The minimum Gasteiger partial charge on any atom is -0.550 e. The Morgan fingerprint density at radius 1 is 1.19 bits per heavy atom. The predicted octanol–water partition coefficient (Wildman–Crippen LogP) is 1.21. The maximum atomic E-state index is 10.9. The summed E-state index contributed by atoms with van der Waals surface area (Å²) < 4.78 is 6.29. The molecule has 2 aliphatic rings. The number of benzene rings is 1. The van der Waals surface area contributed by atoms with Gasteiger partial charge in [-0.3, -0.25) is 0 Å². The van der Waals surface area contributed by atoms with Gasteiger partial charge in [0.15, 0.2) is 0 Å². The Labute approximate surface area is 185 Å². The largest absolute Gasteiger partial charge is 1.00 e. The SMILES string of the molecule is CC#C[C@@H](CC(=O)[O-])c1ccc(OC2CCCC3(CCCCC3)C2)cc1.[Na+]. The minimum absolute atomic E-state index is 0. The summed E-state index contributed by atoms with van der Waals surface area (Å²) >= 11 is 0. The van der Waals surface area contributed by atoms with Gasteiger partial charge in [0.25, 0.3) is 0 Å². The summed E-state index contributed by atoms with van der Waals surface area (Å²) in [5.41, 5.74) is 1.43. The molecule has 140 valence electrons. The van der Waals surface area contributed by atoms with Gasteiger partial charge in [0.05, 0.1) is 12.0 Å². The molecule has 2 atom stereocenters. The molecular weight excluding hydrogens is 347 g/mol.